The summed E-state index contributed by atoms with van der Waals surface area (Å²) in [7, 11) is -1.89. The van der Waals surface area contributed by atoms with Gasteiger partial charge in [0, 0.05) is 29.8 Å². The Bertz CT molecular complexity index is 651. The molecule has 1 saturated heterocycles. The van der Waals surface area contributed by atoms with Crippen LogP contribution in [0.5, 0.6) is 0 Å². The van der Waals surface area contributed by atoms with Crippen LogP contribution in [0.15, 0.2) is 18.7 Å². The number of alkyl halides is 1. The molecule has 0 saturated carbocycles. The van der Waals surface area contributed by atoms with Crippen LogP contribution in [-0.4, -0.2) is 64.5 Å². The molecule has 7 nitrogen and oxygen atoms in total. The van der Waals surface area contributed by atoms with E-state index in [1.807, 2.05) is 0 Å². The third kappa shape index (κ3) is 4.50. The fourth-order valence-electron chi connectivity index (χ4n) is 2.45. The zero-order valence-corrected chi connectivity index (χ0v) is 18.6. The number of hydrogen-bond acceptors (Lipinski definition) is 5. The predicted octanol–water partition coefficient (Wildman–Crippen LogP) is 3.03. The first-order chi connectivity index (χ1) is 12.1. The van der Waals surface area contributed by atoms with Gasteiger partial charge in [-0.05, 0) is 18.1 Å². The molecule has 26 heavy (non-hydrogen) atoms. The minimum atomic E-state index is -1.89. The lowest BCUT2D eigenvalue weighted by molar-refractivity contribution is -0.128. The van der Waals surface area contributed by atoms with Crippen LogP contribution in [0.25, 0.3) is 0 Å². The van der Waals surface area contributed by atoms with Crippen molar-refractivity contribution in [3.63, 3.8) is 0 Å². The van der Waals surface area contributed by atoms with Gasteiger partial charge < -0.3 is 9.33 Å². The van der Waals surface area contributed by atoms with Crippen LogP contribution in [0.2, 0.25) is 18.1 Å². The maximum atomic E-state index is 12.8. The lowest BCUT2D eigenvalue weighted by atomic mass is 10.2. The lowest BCUT2D eigenvalue weighted by Gasteiger charge is -2.36. The zero-order valence-electron chi connectivity index (χ0n) is 16.0. The molecule has 2 heterocycles. The Balaban J connectivity index is 2.04. The molecule has 1 aromatic rings. The van der Waals surface area contributed by atoms with Crippen LogP contribution >= 0.6 is 15.9 Å². The maximum absolute atomic E-state index is 12.8. The molecule has 0 spiro atoms. The number of aromatic nitrogens is 2. The first-order valence-electron chi connectivity index (χ1n) is 8.64. The van der Waals surface area contributed by atoms with Crippen molar-refractivity contribution in [1.82, 2.24) is 19.8 Å². The molecule has 1 aromatic heterocycles. The number of halogens is 1. The molecule has 144 valence electrons. The van der Waals surface area contributed by atoms with E-state index in [1.54, 1.807) is 17.3 Å². The quantitative estimate of drug-likeness (QED) is 0.368. The SMILES string of the molecule is CC(C)(C)[Si](C)(C)OCCN1C(=O)N(Cc2cncnc2)C(=O)C1CBr. The van der Waals surface area contributed by atoms with Crippen LogP contribution in [0.3, 0.4) is 0 Å². The first kappa shape index (κ1) is 21.0. The number of hydrogen-bond donors (Lipinski definition) is 0. The molecule has 3 amide bonds. The van der Waals surface area contributed by atoms with Gasteiger partial charge in [0.05, 0.1) is 13.2 Å². The Labute approximate surface area is 164 Å². The number of carbonyl (C=O) groups excluding carboxylic acids is 2. The minimum absolute atomic E-state index is 0.103. The van der Waals surface area contributed by atoms with E-state index in [-0.39, 0.29) is 23.5 Å². The van der Waals surface area contributed by atoms with Crippen molar-refractivity contribution in [3.05, 3.63) is 24.3 Å². The number of nitrogens with zero attached hydrogens (tertiary/aromatic N) is 4. The smallest absolute Gasteiger partial charge is 0.327 e. The van der Waals surface area contributed by atoms with Gasteiger partial charge in [-0.2, -0.15) is 0 Å². The average Bonchev–Trinajstić information content (AvgIpc) is 2.79. The number of carbonyl (C=O) groups is 2. The molecule has 1 unspecified atom stereocenters. The van der Waals surface area contributed by atoms with Crippen LogP contribution < -0.4 is 0 Å². The van der Waals surface area contributed by atoms with Gasteiger partial charge in [0.15, 0.2) is 8.32 Å². The van der Waals surface area contributed by atoms with Gasteiger partial charge in [0.2, 0.25) is 0 Å². The van der Waals surface area contributed by atoms with Crippen LogP contribution in [0.1, 0.15) is 26.3 Å². The van der Waals surface area contributed by atoms with Crippen molar-refractivity contribution in [2.45, 2.75) is 51.5 Å². The van der Waals surface area contributed by atoms with E-state index < -0.39 is 14.4 Å². The molecule has 0 aromatic carbocycles. The Morgan fingerprint density at radius 3 is 2.38 bits per heavy atom. The fraction of sp³-hybridized carbons (Fsp3) is 0.647. The molecule has 1 aliphatic rings. The normalized spacial score (nSPS) is 18.8. The summed E-state index contributed by atoms with van der Waals surface area (Å²) in [6.07, 6.45) is 4.64. The van der Waals surface area contributed by atoms with Crippen molar-refractivity contribution < 1.29 is 14.0 Å². The van der Waals surface area contributed by atoms with Gasteiger partial charge in [0.1, 0.15) is 12.4 Å². The molecule has 1 atom stereocenters. The first-order valence-corrected chi connectivity index (χ1v) is 12.7. The van der Waals surface area contributed by atoms with Gasteiger partial charge in [-0.3, -0.25) is 9.69 Å². The molecule has 0 N–H and O–H groups in total. The molecule has 9 heteroatoms. The third-order valence-corrected chi connectivity index (χ3v) is 10.3. The standard InChI is InChI=1S/C17H27BrN4O3Si/c1-17(2,3)26(4,5)25-7-6-21-14(8-18)15(23)22(16(21)24)11-13-9-19-12-20-10-13/h9-10,12,14H,6-8,11H2,1-5H3. The molecular formula is C17H27BrN4O3Si. The molecule has 0 bridgehead atoms. The molecule has 1 fully saturated rings. The summed E-state index contributed by atoms with van der Waals surface area (Å²) in [5.41, 5.74) is 0.724. The van der Waals surface area contributed by atoms with E-state index in [0.29, 0.717) is 18.5 Å². The van der Waals surface area contributed by atoms with E-state index >= 15 is 0 Å². The van der Waals surface area contributed by atoms with Gasteiger partial charge in [-0.1, -0.05) is 36.7 Å². The van der Waals surface area contributed by atoms with Crippen LogP contribution in [0, 0.1) is 0 Å². The van der Waals surface area contributed by atoms with Gasteiger partial charge >= 0.3 is 6.03 Å². The topological polar surface area (TPSA) is 75.6 Å². The summed E-state index contributed by atoms with van der Waals surface area (Å²) in [6, 6.07) is -0.794. The second-order valence-electron chi connectivity index (χ2n) is 7.93. The predicted molar refractivity (Wildman–Crippen MR) is 105 cm³/mol. The van der Waals surface area contributed by atoms with E-state index in [0.717, 1.165) is 5.56 Å². The summed E-state index contributed by atoms with van der Waals surface area (Å²) < 4.78 is 6.17. The van der Waals surface area contributed by atoms with Crippen molar-refractivity contribution in [2.24, 2.45) is 0 Å². The number of rotatable bonds is 7. The molecule has 0 radical (unpaired) electrons. The zero-order chi connectivity index (χ0) is 19.5. The van der Waals surface area contributed by atoms with Gasteiger partial charge in [0.25, 0.3) is 5.91 Å². The van der Waals surface area contributed by atoms with E-state index in [1.165, 1.54) is 11.2 Å². The summed E-state index contributed by atoms with van der Waals surface area (Å²) in [5, 5.41) is 0.505. The van der Waals surface area contributed by atoms with E-state index in [9.17, 15) is 9.59 Å². The highest BCUT2D eigenvalue weighted by atomic mass is 79.9. The number of urea groups is 1. The van der Waals surface area contributed by atoms with E-state index in [4.69, 9.17) is 4.43 Å². The Morgan fingerprint density at radius 2 is 1.85 bits per heavy atom. The third-order valence-electron chi connectivity index (χ3n) is 5.11. The number of imide groups is 1. The summed E-state index contributed by atoms with van der Waals surface area (Å²) in [4.78, 5) is 36.1. The summed E-state index contributed by atoms with van der Waals surface area (Å²) >= 11 is 3.36. The highest BCUT2D eigenvalue weighted by Crippen LogP contribution is 2.36. The highest BCUT2D eigenvalue weighted by molar-refractivity contribution is 9.09. The number of amides is 3. The lowest BCUT2D eigenvalue weighted by Crippen LogP contribution is -2.44. The second-order valence-corrected chi connectivity index (χ2v) is 13.4. The van der Waals surface area contributed by atoms with Crippen molar-refractivity contribution in [3.8, 4) is 0 Å². The highest BCUT2D eigenvalue weighted by Gasteiger charge is 2.44. The monoisotopic (exact) mass is 442 g/mol. The van der Waals surface area contributed by atoms with Crippen LogP contribution in [0.4, 0.5) is 4.79 Å². The van der Waals surface area contributed by atoms with E-state index in [2.05, 4.69) is 59.8 Å². The van der Waals surface area contributed by atoms with Gasteiger partial charge in [-0.25, -0.2) is 14.8 Å². The Morgan fingerprint density at radius 1 is 1.23 bits per heavy atom. The molecular weight excluding hydrogens is 416 g/mol. The van der Waals surface area contributed by atoms with Crippen molar-refractivity contribution in [1.29, 1.82) is 0 Å². The molecule has 1 aliphatic heterocycles. The second kappa shape index (κ2) is 8.14. The molecule has 2 rings (SSSR count). The largest absolute Gasteiger partial charge is 0.415 e. The van der Waals surface area contributed by atoms with Crippen molar-refractivity contribution >= 4 is 36.2 Å². The summed E-state index contributed by atoms with van der Waals surface area (Å²) in [6.45, 7) is 11.9. The average molecular weight is 443 g/mol. The van der Waals surface area contributed by atoms with Crippen molar-refractivity contribution in [2.75, 3.05) is 18.5 Å². The summed E-state index contributed by atoms with van der Waals surface area (Å²) in [5.74, 6) is -0.206. The Hall–Kier alpha value is -1.32. The van der Waals surface area contributed by atoms with Gasteiger partial charge in [-0.15, -0.1) is 0 Å². The Kier molecular flexibility index (Phi) is 6.57. The molecule has 0 aliphatic carbocycles. The maximum Gasteiger partial charge on any atom is 0.327 e. The minimum Gasteiger partial charge on any atom is -0.415 e. The fourth-order valence-corrected chi connectivity index (χ4v) is 4.11. The van der Waals surface area contributed by atoms with Crippen LogP contribution in [-0.2, 0) is 15.8 Å².